The second-order valence-electron chi connectivity index (χ2n) is 4.76. The van der Waals surface area contributed by atoms with E-state index in [-0.39, 0.29) is 0 Å². The standard InChI is InChI=1S/C13H21N3S2/c1-9(2)12-10(6-14-3)7-15-13(16-12)11-8-17-4-5-18-11/h7,9,11,14H,4-6,8H2,1-3H3. The summed E-state index contributed by atoms with van der Waals surface area (Å²) in [5.41, 5.74) is 2.43. The Morgan fingerprint density at radius 1 is 1.44 bits per heavy atom. The highest BCUT2D eigenvalue weighted by Gasteiger charge is 2.21. The predicted molar refractivity (Wildman–Crippen MR) is 81.4 cm³/mol. The van der Waals surface area contributed by atoms with Crippen LogP contribution in [0.25, 0.3) is 0 Å². The quantitative estimate of drug-likeness (QED) is 0.920. The van der Waals surface area contributed by atoms with Crippen LogP contribution in [0.3, 0.4) is 0 Å². The van der Waals surface area contributed by atoms with Crippen LogP contribution < -0.4 is 5.32 Å². The maximum absolute atomic E-state index is 4.83. The number of hydrogen-bond donors (Lipinski definition) is 1. The second kappa shape index (κ2) is 6.78. The fourth-order valence-corrected chi connectivity index (χ4v) is 4.66. The molecule has 0 saturated carbocycles. The number of nitrogens with zero attached hydrogens (tertiary/aromatic N) is 2. The van der Waals surface area contributed by atoms with Crippen molar-refractivity contribution in [3.8, 4) is 0 Å². The number of hydrogen-bond acceptors (Lipinski definition) is 5. The van der Waals surface area contributed by atoms with Crippen molar-refractivity contribution in [2.45, 2.75) is 31.6 Å². The second-order valence-corrected chi connectivity index (χ2v) is 7.22. The average molecular weight is 283 g/mol. The minimum absolute atomic E-state index is 0.455. The van der Waals surface area contributed by atoms with Gasteiger partial charge in [-0.2, -0.15) is 11.8 Å². The van der Waals surface area contributed by atoms with E-state index in [1.165, 1.54) is 22.8 Å². The van der Waals surface area contributed by atoms with E-state index < -0.39 is 0 Å². The van der Waals surface area contributed by atoms with Gasteiger partial charge in [-0.1, -0.05) is 13.8 Å². The molecule has 0 bridgehead atoms. The largest absolute Gasteiger partial charge is 0.316 e. The summed E-state index contributed by atoms with van der Waals surface area (Å²) >= 11 is 4.01. The summed E-state index contributed by atoms with van der Waals surface area (Å²) in [7, 11) is 1.96. The SMILES string of the molecule is CNCc1cnc(C2CSCCS2)nc1C(C)C. The third-order valence-corrected chi connectivity index (χ3v) is 5.69. The first-order chi connectivity index (χ1) is 8.72. The van der Waals surface area contributed by atoms with Gasteiger partial charge in [0.1, 0.15) is 5.82 Å². The lowest BCUT2D eigenvalue weighted by atomic mass is 10.1. The highest BCUT2D eigenvalue weighted by atomic mass is 32.2. The first kappa shape index (κ1) is 14.2. The molecule has 1 atom stereocenters. The van der Waals surface area contributed by atoms with Gasteiger partial charge in [-0.3, -0.25) is 0 Å². The maximum Gasteiger partial charge on any atom is 0.142 e. The topological polar surface area (TPSA) is 37.8 Å². The van der Waals surface area contributed by atoms with Crippen LogP contribution in [0, 0.1) is 0 Å². The summed E-state index contributed by atoms with van der Waals surface area (Å²) in [6.45, 7) is 5.25. The molecule has 2 rings (SSSR count). The molecule has 0 aliphatic carbocycles. The molecule has 1 aliphatic heterocycles. The van der Waals surface area contributed by atoms with Crippen molar-refractivity contribution >= 4 is 23.5 Å². The summed E-state index contributed by atoms with van der Waals surface area (Å²) in [5.74, 6) is 5.10. The summed E-state index contributed by atoms with van der Waals surface area (Å²) in [5, 5.41) is 3.67. The summed E-state index contributed by atoms with van der Waals surface area (Å²) in [4.78, 5) is 9.41. The lowest BCUT2D eigenvalue weighted by molar-refractivity contribution is 0.723. The van der Waals surface area contributed by atoms with Gasteiger partial charge in [0, 0.05) is 35.6 Å². The van der Waals surface area contributed by atoms with Crippen LogP contribution in [0.2, 0.25) is 0 Å². The molecule has 1 aromatic heterocycles. The van der Waals surface area contributed by atoms with E-state index >= 15 is 0 Å². The molecule has 2 heterocycles. The monoisotopic (exact) mass is 283 g/mol. The molecule has 100 valence electrons. The summed E-state index contributed by atoms with van der Waals surface area (Å²) in [6, 6.07) is 0. The molecule has 1 fully saturated rings. The van der Waals surface area contributed by atoms with Crippen molar-refractivity contribution in [3.05, 3.63) is 23.3 Å². The van der Waals surface area contributed by atoms with Crippen molar-refractivity contribution in [2.24, 2.45) is 0 Å². The van der Waals surface area contributed by atoms with Gasteiger partial charge in [0.15, 0.2) is 0 Å². The molecule has 0 spiro atoms. The molecule has 1 N–H and O–H groups in total. The van der Waals surface area contributed by atoms with Gasteiger partial charge >= 0.3 is 0 Å². The number of aromatic nitrogens is 2. The molecule has 0 aromatic carbocycles. The van der Waals surface area contributed by atoms with E-state index in [9.17, 15) is 0 Å². The van der Waals surface area contributed by atoms with Crippen LogP contribution in [0.15, 0.2) is 6.20 Å². The highest BCUT2D eigenvalue weighted by Crippen LogP contribution is 2.35. The van der Waals surface area contributed by atoms with Crippen molar-refractivity contribution in [3.63, 3.8) is 0 Å². The fourth-order valence-electron chi connectivity index (χ4n) is 2.05. The Hall–Kier alpha value is -0.260. The lowest BCUT2D eigenvalue weighted by Gasteiger charge is -2.21. The zero-order valence-electron chi connectivity index (χ0n) is 11.3. The van der Waals surface area contributed by atoms with Gasteiger partial charge in [0.2, 0.25) is 0 Å². The number of thioether (sulfide) groups is 2. The Morgan fingerprint density at radius 3 is 2.89 bits per heavy atom. The molecule has 0 radical (unpaired) electrons. The predicted octanol–water partition coefficient (Wildman–Crippen LogP) is 2.84. The minimum Gasteiger partial charge on any atom is -0.316 e. The van der Waals surface area contributed by atoms with Crippen LogP contribution in [-0.2, 0) is 6.54 Å². The van der Waals surface area contributed by atoms with Gasteiger partial charge in [0.25, 0.3) is 0 Å². The summed E-state index contributed by atoms with van der Waals surface area (Å²) < 4.78 is 0. The molecular formula is C13H21N3S2. The fraction of sp³-hybridized carbons (Fsp3) is 0.692. The van der Waals surface area contributed by atoms with Gasteiger partial charge in [0.05, 0.1) is 10.9 Å². The normalized spacial score (nSPS) is 20.3. The van der Waals surface area contributed by atoms with Gasteiger partial charge in [-0.25, -0.2) is 9.97 Å². The minimum atomic E-state index is 0.455. The molecule has 1 aliphatic rings. The van der Waals surface area contributed by atoms with Crippen LogP contribution in [0.4, 0.5) is 0 Å². The molecule has 3 nitrogen and oxygen atoms in total. The molecule has 5 heteroatoms. The van der Waals surface area contributed by atoms with Crippen molar-refractivity contribution < 1.29 is 0 Å². The van der Waals surface area contributed by atoms with Gasteiger partial charge < -0.3 is 5.32 Å². The van der Waals surface area contributed by atoms with Crippen molar-refractivity contribution in [2.75, 3.05) is 24.3 Å². The third-order valence-electron chi connectivity index (χ3n) is 2.93. The van der Waals surface area contributed by atoms with Crippen LogP contribution in [-0.4, -0.2) is 34.3 Å². The maximum atomic E-state index is 4.83. The van der Waals surface area contributed by atoms with Crippen molar-refractivity contribution in [1.82, 2.24) is 15.3 Å². The van der Waals surface area contributed by atoms with Gasteiger partial charge in [-0.05, 0) is 13.0 Å². The molecule has 1 aromatic rings. The van der Waals surface area contributed by atoms with Crippen LogP contribution >= 0.6 is 23.5 Å². The van der Waals surface area contributed by atoms with Crippen LogP contribution in [0.1, 0.15) is 42.1 Å². The van der Waals surface area contributed by atoms with E-state index in [2.05, 4.69) is 24.1 Å². The zero-order valence-corrected chi connectivity index (χ0v) is 12.9. The Bertz CT molecular complexity index is 390. The Balaban J connectivity index is 2.24. The van der Waals surface area contributed by atoms with Crippen molar-refractivity contribution in [1.29, 1.82) is 0 Å². The highest BCUT2D eigenvalue weighted by molar-refractivity contribution is 8.06. The van der Waals surface area contributed by atoms with Crippen LogP contribution in [0.5, 0.6) is 0 Å². The Kier molecular flexibility index (Phi) is 5.33. The third kappa shape index (κ3) is 3.39. The van der Waals surface area contributed by atoms with E-state index in [0.29, 0.717) is 11.2 Å². The molecule has 0 amide bonds. The number of rotatable bonds is 4. The molecule has 1 saturated heterocycles. The first-order valence-corrected chi connectivity index (χ1v) is 8.62. The smallest absolute Gasteiger partial charge is 0.142 e. The zero-order chi connectivity index (χ0) is 13.0. The Labute approximate surface area is 118 Å². The van der Waals surface area contributed by atoms with E-state index in [0.717, 1.165) is 18.1 Å². The summed E-state index contributed by atoms with van der Waals surface area (Å²) in [6.07, 6.45) is 2.01. The average Bonchev–Trinajstić information content (AvgIpc) is 2.40. The first-order valence-electron chi connectivity index (χ1n) is 6.42. The van der Waals surface area contributed by atoms with Gasteiger partial charge in [-0.15, -0.1) is 11.8 Å². The molecule has 18 heavy (non-hydrogen) atoms. The number of nitrogens with one attached hydrogen (secondary N) is 1. The Morgan fingerprint density at radius 2 is 2.28 bits per heavy atom. The van der Waals surface area contributed by atoms with E-state index in [1.807, 2.05) is 36.8 Å². The molecular weight excluding hydrogens is 262 g/mol. The lowest BCUT2D eigenvalue weighted by Crippen LogP contribution is -2.15. The van der Waals surface area contributed by atoms with E-state index in [4.69, 9.17) is 4.98 Å². The molecule has 1 unspecified atom stereocenters. The van der Waals surface area contributed by atoms with E-state index in [1.54, 1.807) is 0 Å².